The highest BCUT2D eigenvalue weighted by Crippen LogP contribution is 2.05. The van der Waals surface area contributed by atoms with Crippen LogP contribution in [-0.2, 0) is 14.0 Å². The fraction of sp³-hybridized carbons (Fsp3) is 0.800. The average molecular weight is 148 g/mol. The molecule has 0 fully saturated rings. The lowest BCUT2D eigenvalue weighted by Gasteiger charge is -2.21. The fourth-order valence-electron chi connectivity index (χ4n) is 0.294. The molecule has 0 aliphatic heterocycles. The van der Waals surface area contributed by atoms with Gasteiger partial charge >= 0.3 is 0 Å². The van der Waals surface area contributed by atoms with E-state index in [1.807, 2.05) is 13.8 Å². The molecule has 0 saturated carbocycles. The minimum Gasteiger partial charge on any atom is -0.465 e. The van der Waals surface area contributed by atoms with Crippen LogP contribution >= 0.6 is 0 Å². The average Bonchev–Trinajstić information content (AvgIpc) is 1.84. The summed E-state index contributed by atoms with van der Waals surface area (Å²) in [5.74, 6) is 0. The molecule has 0 radical (unpaired) electrons. The van der Waals surface area contributed by atoms with Crippen LogP contribution in [0.5, 0.6) is 0 Å². The number of carbonyl (C=O) groups excluding carboxylic acids is 1. The molecule has 0 bridgehead atoms. The maximum atomic E-state index is 9.70. The largest absolute Gasteiger partial charge is 0.465 e. The molecule has 0 aromatic rings. The van der Waals surface area contributed by atoms with Crippen molar-refractivity contribution in [2.75, 3.05) is 6.61 Å². The van der Waals surface area contributed by atoms with Crippen molar-refractivity contribution in [2.45, 2.75) is 19.4 Å². The molecule has 54 valence electrons. The van der Waals surface area contributed by atoms with E-state index in [-0.39, 0.29) is 5.60 Å². The van der Waals surface area contributed by atoms with Crippen molar-refractivity contribution in [2.24, 2.45) is 0 Å². The second-order valence-electron chi connectivity index (χ2n) is 2.37. The Morgan fingerprint density at radius 2 is 2.22 bits per heavy atom. The van der Waals surface area contributed by atoms with Crippen LogP contribution in [0.4, 0.5) is 0 Å². The molecule has 0 amide bonds. The normalized spacial score (nSPS) is 11.3. The third kappa shape index (κ3) is 4.17. The summed E-state index contributed by atoms with van der Waals surface area (Å²) in [6, 6.07) is 0. The summed E-state index contributed by atoms with van der Waals surface area (Å²) in [5.41, 5.74) is -0.298. The van der Waals surface area contributed by atoms with E-state index < -0.39 is 0 Å². The van der Waals surface area contributed by atoms with Gasteiger partial charge in [-0.25, -0.2) is 0 Å². The second-order valence-corrected chi connectivity index (χ2v) is 2.78. The van der Waals surface area contributed by atoms with Crippen molar-refractivity contribution in [3.8, 4) is 0 Å². The van der Waals surface area contributed by atoms with E-state index in [2.05, 4.69) is 4.74 Å². The summed E-state index contributed by atoms with van der Waals surface area (Å²) in [6.45, 7) is 4.52. The first kappa shape index (κ1) is 8.65. The summed E-state index contributed by atoms with van der Waals surface area (Å²) in [6.07, 6.45) is 0. The Balaban J connectivity index is 3.44. The van der Waals surface area contributed by atoms with Gasteiger partial charge < -0.3 is 9.16 Å². The molecule has 4 heteroatoms. The lowest BCUT2D eigenvalue weighted by atomic mass is 10.2. The maximum Gasteiger partial charge on any atom is 0.293 e. The number of hydrogen-bond acceptors (Lipinski definition) is 3. The molecule has 3 nitrogen and oxygen atoms in total. The van der Waals surface area contributed by atoms with Gasteiger partial charge in [-0.15, -0.1) is 0 Å². The van der Waals surface area contributed by atoms with E-state index in [4.69, 9.17) is 4.43 Å². The summed E-state index contributed by atoms with van der Waals surface area (Å²) >= 11 is 0. The Bertz CT molecular complexity index is 92.2. The molecule has 0 aromatic heterocycles. The zero-order chi connectivity index (χ0) is 7.33. The molecule has 0 unspecified atom stereocenters. The SMILES string of the molecule is CC(C)(COC=O)O[SiH3]. The van der Waals surface area contributed by atoms with Crippen LogP contribution < -0.4 is 0 Å². The van der Waals surface area contributed by atoms with E-state index in [1.54, 1.807) is 0 Å². The molecule has 0 atom stereocenters. The van der Waals surface area contributed by atoms with Crippen LogP contribution in [0.25, 0.3) is 0 Å². The second kappa shape index (κ2) is 3.63. The number of hydrogen-bond donors (Lipinski definition) is 0. The van der Waals surface area contributed by atoms with Gasteiger partial charge in [0.1, 0.15) is 17.1 Å². The van der Waals surface area contributed by atoms with Crippen molar-refractivity contribution in [3.05, 3.63) is 0 Å². The highest BCUT2D eigenvalue weighted by atomic mass is 28.2. The van der Waals surface area contributed by atoms with Gasteiger partial charge in [0.05, 0.1) is 5.60 Å². The predicted octanol–water partition coefficient (Wildman–Crippen LogP) is -0.765. The molecular formula is C5H12O3Si. The van der Waals surface area contributed by atoms with Gasteiger partial charge in [0.15, 0.2) is 0 Å². The Kier molecular flexibility index (Phi) is 3.49. The molecule has 0 saturated heterocycles. The Labute approximate surface area is 57.9 Å². The quantitative estimate of drug-likeness (QED) is 0.388. The number of carbonyl (C=O) groups is 1. The van der Waals surface area contributed by atoms with Crippen LogP contribution in [0.15, 0.2) is 0 Å². The van der Waals surface area contributed by atoms with E-state index in [0.29, 0.717) is 23.6 Å². The van der Waals surface area contributed by atoms with Gasteiger partial charge in [0.25, 0.3) is 6.47 Å². The minimum atomic E-state index is -0.298. The van der Waals surface area contributed by atoms with Crippen LogP contribution in [0.2, 0.25) is 0 Å². The smallest absolute Gasteiger partial charge is 0.293 e. The van der Waals surface area contributed by atoms with Crippen molar-refractivity contribution < 1.29 is 14.0 Å². The van der Waals surface area contributed by atoms with Crippen LogP contribution in [-0.4, -0.2) is 29.2 Å². The van der Waals surface area contributed by atoms with Crippen molar-refractivity contribution in [1.29, 1.82) is 0 Å². The number of ether oxygens (including phenoxy) is 1. The van der Waals surface area contributed by atoms with Gasteiger partial charge in [-0.05, 0) is 13.8 Å². The van der Waals surface area contributed by atoms with Crippen molar-refractivity contribution in [3.63, 3.8) is 0 Å². The van der Waals surface area contributed by atoms with E-state index in [1.165, 1.54) is 0 Å². The molecule has 0 rings (SSSR count). The first-order valence-electron chi connectivity index (χ1n) is 2.73. The Morgan fingerprint density at radius 1 is 1.67 bits per heavy atom. The topological polar surface area (TPSA) is 35.5 Å². The van der Waals surface area contributed by atoms with Gasteiger partial charge in [-0.2, -0.15) is 0 Å². The standard InChI is InChI=1S/C5H12O3Si/c1-5(2,8-9)3-7-4-6/h4H,3H2,1-2,9H3. The molecule has 0 aliphatic rings. The first-order valence-corrected chi connectivity index (χ1v) is 3.54. The predicted molar refractivity (Wildman–Crippen MR) is 37.1 cm³/mol. The molecule has 0 N–H and O–H groups in total. The minimum absolute atomic E-state index is 0.298. The van der Waals surface area contributed by atoms with Crippen molar-refractivity contribution >= 4 is 17.0 Å². The Morgan fingerprint density at radius 3 is 2.56 bits per heavy atom. The van der Waals surface area contributed by atoms with Gasteiger partial charge in [0, 0.05) is 0 Å². The fourth-order valence-corrected chi connectivity index (χ4v) is 0.411. The van der Waals surface area contributed by atoms with Crippen molar-refractivity contribution in [1.82, 2.24) is 0 Å². The van der Waals surface area contributed by atoms with Crippen LogP contribution in [0.3, 0.4) is 0 Å². The molecule has 9 heavy (non-hydrogen) atoms. The summed E-state index contributed by atoms with van der Waals surface area (Å²) < 4.78 is 9.60. The molecule has 0 aromatic carbocycles. The zero-order valence-corrected chi connectivity index (χ0v) is 8.01. The monoisotopic (exact) mass is 148 g/mol. The maximum absolute atomic E-state index is 9.70. The zero-order valence-electron chi connectivity index (χ0n) is 6.01. The molecular weight excluding hydrogens is 136 g/mol. The molecule has 0 heterocycles. The third-order valence-electron chi connectivity index (χ3n) is 1.05. The third-order valence-corrected chi connectivity index (χ3v) is 2.16. The summed E-state index contributed by atoms with van der Waals surface area (Å²) in [7, 11) is 0.668. The lowest BCUT2D eigenvalue weighted by molar-refractivity contribution is -0.133. The Hall–Kier alpha value is -0.353. The first-order chi connectivity index (χ1) is 4.12. The van der Waals surface area contributed by atoms with E-state index in [0.717, 1.165) is 0 Å². The number of rotatable bonds is 4. The van der Waals surface area contributed by atoms with E-state index in [9.17, 15) is 4.79 Å². The van der Waals surface area contributed by atoms with Crippen LogP contribution in [0, 0.1) is 0 Å². The summed E-state index contributed by atoms with van der Waals surface area (Å²) in [5, 5.41) is 0. The summed E-state index contributed by atoms with van der Waals surface area (Å²) in [4.78, 5) is 9.70. The highest BCUT2D eigenvalue weighted by Gasteiger charge is 2.15. The van der Waals surface area contributed by atoms with Gasteiger partial charge in [-0.3, -0.25) is 4.79 Å². The van der Waals surface area contributed by atoms with E-state index >= 15 is 0 Å². The highest BCUT2D eigenvalue weighted by molar-refractivity contribution is 5.98. The molecule has 0 aliphatic carbocycles. The lowest BCUT2D eigenvalue weighted by Crippen LogP contribution is -2.29. The molecule has 0 spiro atoms. The van der Waals surface area contributed by atoms with Gasteiger partial charge in [0.2, 0.25) is 0 Å². The van der Waals surface area contributed by atoms with Gasteiger partial charge in [-0.1, -0.05) is 0 Å². The van der Waals surface area contributed by atoms with Crippen LogP contribution in [0.1, 0.15) is 13.8 Å².